The van der Waals surface area contributed by atoms with Crippen LogP contribution >= 0.6 is 11.3 Å². The first-order valence-electron chi connectivity index (χ1n) is 5.43. The Morgan fingerprint density at radius 3 is 2.81 bits per heavy atom. The maximum atomic E-state index is 11.6. The van der Waals surface area contributed by atoms with Crippen molar-refractivity contribution in [1.82, 2.24) is 5.32 Å². The van der Waals surface area contributed by atoms with Crippen LogP contribution in [0.15, 0.2) is 17.5 Å². The molecule has 1 aromatic rings. The van der Waals surface area contributed by atoms with Crippen LogP contribution in [0.25, 0.3) is 0 Å². The zero-order chi connectivity index (χ0) is 12.2. The molecule has 1 amide bonds. The van der Waals surface area contributed by atoms with Crippen LogP contribution in [0, 0.1) is 5.92 Å². The number of rotatable bonds is 5. The molecule has 3 nitrogen and oxygen atoms in total. The molecular weight excluding hydrogens is 222 g/mol. The lowest BCUT2D eigenvalue weighted by Crippen LogP contribution is -2.44. The van der Waals surface area contributed by atoms with Crippen molar-refractivity contribution in [3.63, 3.8) is 0 Å². The number of aliphatic hydroxyl groups is 1. The first kappa shape index (κ1) is 13.2. The molecule has 0 saturated heterocycles. The molecule has 1 rings (SSSR count). The quantitative estimate of drug-likeness (QED) is 0.826. The van der Waals surface area contributed by atoms with E-state index in [0.29, 0.717) is 13.0 Å². The van der Waals surface area contributed by atoms with Crippen LogP contribution in [0.5, 0.6) is 0 Å². The predicted molar refractivity (Wildman–Crippen MR) is 66.5 cm³/mol. The third kappa shape index (κ3) is 3.94. The topological polar surface area (TPSA) is 49.3 Å². The van der Waals surface area contributed by atoms with Crippen LogP contribution < -0.4 is 5.32 Å². The van der Waals surface area contributed by atoms with Gasteiger partial charge in [-0.1, -0.05) is 19.9 Å². The average molecular weight is 241 g/mol. The lowest BCUT2D eigenvalue weighted by atomic mass is 9.92. The first-order valence-corrected chi connectivity index (χ1v) is 6.31. The zero-order valence-corrected chi connectivity index (χ0v) is 10.8. The predicted octanol–water partition coefficient (Wildman–Crippen LogP) is 1.81. The third-order valence-corrected chi connectivity index (χ3v) is 3.68. The summed E-state index contributed by atoms with van der Waals surface area (Å²) < 4.78 is 0. The fourth-order valence-corrected chi connectivity index (χ4v) is 1.82. The van der Waals surface area contributed by atoms with E-state index in [9.17, 15) is 9.90 Å². The second-order valence-electron chi connectivity index (χ2n) is 4.54. The fourth-order valence-electron chi connectivity index (χ4n) is 1.12. The smallest absolute Gasteiger partial charge is 0.225 e. The molecule has 0 aromatic carbocycles. The van der Waals surface area contributed by atoms with Gasteiger partial charge in [0.05, 0.1) is 12.0 Å². The summed E-state index contributed by atoms with van der Waals surface area (Å²) in [4.78, 5) is 12.6. The van der Waals surface area contributed by atoms with Gasteiger partial charge in [0.2, 0.25) is 5.91 Å². The highest BCUT2D eigenvalue weighted by Crippen LogP contribution is 2.14. The molecule has 16 heavy (non-hydrogen) atoms. The van der Waals surface area contributed by atoms with E-state index in [1.165, 1.54) is 0 Å². The SMILES string of the molecule is CC(C)C(C)(O)CNC(=O)Cc1cccs1. The van der Waals surface area contributed by atoms with Crippen molar-refractivity contribution in [2.45, 2.75) is 32.8 Å². The molecule has 1 heterocycles. The van der Waals surface area contributed by atoms with E-state index in [0.717, 1.165) is 4.88 Å². The molecule has 0 saturated carbocycles. The van der Waals surface area contributed by atoms with Crippen molar-refractivity contribution in [1.29, 1.82) is 0 Å². The monoisotopic (exact) mass is 241 g/mol. The molecule has 0 radical (unpaired) electrons. The average Bonchev–Trinajstić information content (AvgIpc) is 2.67. The molecule has 1 unspecified atom stereocenters. The second kappa shape index (κ2) is 5.46. The zero-order valence-electron chi connectivity index (χ0n) is 9.99. The Labute approximate surface area is 100 Å². The molecule has 0 fully saturated rings. The highest BCUT2D eigenvalue weighted by atomic mass is 32.1. The van der Waals surface area contributed by atoms with Gasteiger partial charge in [0.1, 0.15) is 0 Å². The van der Waals surface area contributed by atoms with Crippen molar-refractivity contribution in [3.05, 3.63) is 22.4 Å². The molecule has 90 valence electrons. The standard InChI is InChI=1S/C12H19NO2S/c1-9(2)12(3,15)8-13-11(14)7-10-5-4-6-16-10/h4-6,9,15H,7-8H2,1-3H3,(H,13,14). The second-order valence-corrected chi connectivity index (χ2v) is 5.58. The summed E-state index contributed by atoms with van der Waals surface area (Å²) in [6.45, 7) is 5.91. The summed E-state index contributed by atoms with van der Waals surface area (Å²) in [7, 11) is 0. The van der Waals surface area contributed by atoms with Crippen molar-refractivity contribution in [2.24, 2.45) is 5.92 Å². The summed E-state index contributed by atoms with van der Waals surface area (Å²) in [6.07, 6.45) is 0.395. The number of hydrogen-bond acceptors (Lipinski definition) is 3. The van der Waals surface area contributed by atoms with E-state index in [2.05, 4.69) is 5.32 Å². The van der Waals surface area contributed by atoms with Gasteiger partial charge in [0, 0.05) is 11.4 Å². The van der Waals surface area contributed by atoms with E-state index in [4.69, 9.17) is 0 Å². The van der Waals surface area contributed by atoms with Crippen molar-refractivity contribution in [2.75, 3.05) is 6.54 Å². The molecule has 0 aliphatic heterocycles. The largest absolute Gasteiger partial charge is 0.388 e. The van der Waals surface area contributed by atoms with Crippen LogP contribution in [-0.2, 0) is 11.2 Å². The Morgan fingerprint density at radius 1 is 1.62 bits per heavy atom. The Hall–Kier alpha value is -0.870. The van der Waals surface area contributed by atoms with Gasteiger partial charge in [-0.25, -0.2) is 0 Å². The first-order chi connectivity index (χ1) is 7.42. The number of carbonyl (C=O) groups is 1. The van der Waals surface area contributed by atoms with Gasteiger partial charge in [-0.15, -0.1) is 11.3 Å². The van der Waals surface area contributed by atoms with Crippen molar-refractivity contribution >= 4 is 17.2 Å². The number of carbonyl (C=O) groups excluding carboxylic acids is 1. The van der Waals surface area contributed by atoms with Gasteiger partial charge in [-0.2, -0.15) is 0 Å². The Morgan fingerprint density at radius 2 is 2.31 bits per heavy atom. The molecule has 2 N–H and O–H groups in total. The van der Waals surface area contributed by atoms with Crippen LogP contribution in [0.4, 0.5) is 0 Å². The lowest BCUT2D eigenvalue weighted by Gasteiger charge is -2.27. The molecule has 4 heteroatoms. The van der Waals surface area contributed by atoms with Gasteiger partial charge in [-0.05, 0) is 24.3 Å². The number of hydrogen-bond donors (Lipinski definition) is 2. The Bertz CT molecular complexity index is 331. The minimum atomic E-state index is -0.842. The van der Waals surface area contributed by atoms with Gasteiger partial charge in [-0.3, -0.25) is 4.79 Å². The Balaban J connectivity index is 2.36. The highest BCUT2D eigenvalue weighted by Gasteiger charge is 2.25. The van der Waals surface area contributed by atoms with E-state index >= 15 is 0 Å². The summed E-state index contributed by atoms with van der Waals surface area (Å²) in [5, 5.41) is 14.7. The van der Waals surface area contributed by atoms with Crippen molar-refractivity contribution < 1.29 is 9.90 Å². The molecule has 0 aliphatic rings. The molecule has 0 aliphatic carbocycles. The van der Waals surface area contributed by atoms with Crippen LogP contribution in [0.3, 0.4) is 0 Å². The molecule has 0 spiro atoms. The maximum absolute atomic E-state index is 11.6. The molecular formula is C12H19NO2S. The van der Waals surface area contributed by atoms with Gasteiger partial charge in [0.25, 0.3) is 0 Å². The van der Waals surface area contributed by atoms with E-state index in [-0.39, 0.29) is 11.8 Å². The summed E-state index contributed by atoms with van der Waals surface area (Å²) in [5.41, 5.74) is -0.842. The van der Waals surface area contributed by atoms with E-state index < -0.39 is 5.60 Å². The van der Waals surface area contributed by atoms with Crippen LogP contribution in [0.2, 0.25) is 0 Å². The van der Waals surface area contributed by atoms with E-state index in [1.54, 1.807) is 18.3 Å². The minimum Gasteiger partial charge on any atom is -0.388 e. The summed E-state index contributed by atoms with van der Waals surface area (Å²) in [6, 6.07) is 3.86. The molecule has 0 bridgehead atoms. The Kier molecular flexibility index (Phi) is 4.50. The minimum absolute atomic E-state index is 0.0385. The number of amides is 1. The molecule has 1 aromatic heterocycles. The summed E-state index contributed by atoms with van der Waals surface area (Å²) in [5.74, 6) is 0.0814. The van der Waals surface area contributed by atoms with Gasteiger partial charge < -0.3 is 10.4 Å². The number of nitrogens with one attached hydrogen (secondary N) is 1. The van der Waals surface area contributed by atoms with Gasteiger partial charge >= 0.3 is 0 Å². The number of thiophene rings is 1. The van der Waals surface area contributed by atoms with Crippen LogP contribution in [-0.4, -0.2) is 23.2 Å². The lowest BCUT2D eigenvalue weighted by molar-refractivity contribution is -0.121. The van der Waals surface area contributed by atoms with E-state index in [1.807, 2.05) is 31.4 Å². The van der Waals surface area contributed by atoms with Crippen LogP contribution in [0.1, 0.15) is 25.6 Å². The van der Waals surface area contributed by atoms with Gasteiger partial charge in [0.15, 0.2) is 0 Å². The highest BCUT2D eigenvalue weighted by molar-refractivity contribution is 7.10. The van der Waals surface area contributed by atoms with Crippen molar-refractivity contribution in [3.8, 4) is 0 Å². The fraction of sp³-hybridized carbons (Fsp3) is 0.583. The third-order valence-electron chi connectivity index (χ3n) is 2.80. The molecule has 1 atom stereocenters. The summed E-state index contributed by atoms with van der Waals surface area (Å²) >= 11 is 1.57. The normalized spacial score (nSPS) is 14.8. The maximum Gasteiger partial charge on any atom is 0.225 e.